The molecule has 100 valence electrons. The highest BCUT2D eigenvalue weighted by Crippen LogP contribution is 2.37. The monoisotopic (exact) mass is 312 g/mol. The molecule has 2 nitrogen and oxygen atoms in total. The molecule has 1 fully saturated rings. The van der Waals surface area contributed by atoms with Gasteiger partial charge in [-0.25, -0.2) is 0 Å². The van der Waals surface area contributed by atoms with Gasteiger partial charge in [-0.15, -0.1) is 0 Å². The van der Waals surface area contributed by atoms with Crippen LogP contribution in [0.3, 0.4) is 0 Å². The van der Waals surface area contributed by atoms with Gasteiger partial charge in [0.05, 0.1) is 17.0 Å². The lowest BCUT2D eigenvalue weighted by Gasteiger charge is -2.21. The average Bonchev–Trinajstić information content (AvgIpc) is 2.75. The summed E-state index contributed by atoms with van der Waals surface area (Å²) >= 11 is 3.76. The second-order valence-corrected chi connectivity index (χ2v) is 6.23. The molecule has 0 aromatic heterocycles. The maximum Gasteiger partial charge on any atom is 0.119 e. The van der Waals surface area contributed by atoms with E-state index in [1.165, 1.54) is 5.56 Å². The van der Waals surface area contributed by atoms with Crippen molar-refractivity contribution < 1.29 is 9.47 Å². The lowest BCUT2D eigenvalue weighted by Crippen LogP contribution is -2.19. The van der Waals surface area contributed by atoms with E-state index in [1.54, 1.807) is 0 Å². The molecule has 0 saturated carbocycles. The highest BCUT2D eigenvalue weighted by Gasteiger charge is 2.31. The Morgan fingerprint density at radius 1 is 1.28 bits per heavy atom. The first-order valence-electron chi connectivity index (χ1n) is 6.60. The zero-order chi connectivity index (χ0) is 13.1. The van der Waals surface area contributed by atoms with Gasteiger partial charge < -0.3 is 9.47 Å². The second kappa shape index (κ2) is 6.07. The summed E-state index contributed by atoms with van der Waals surface area (Å²) in [6.45, 7) is 7.20. The predicted octanol–water partition coefficient (Wildman–Crippen LogP) is 4.33. The normalized spacial score (nSPS) is 25.4. The zero-order valence-corrected chi connectivity index (χ0v) is 12.8. The molecule has 0 bridgehead atoms. The van der Waals surface area contributed by atoms with Gasteiger partial charge in [0.15, 0.2) is 0 Å². The van der Waals surface area contributed by atoms with Crippen LogP contribution < -0.4 is 4.74 Å². The highest BCUT2D eigenvalue weighted by atomic mass is 79.9. The van der Waals surface area contributed by atoms with Gasteiger partial charge in [-0.05, 0) is 43.9 Å². The quantitative estimate of drug-likeness (QED) is 0.770. The fourth-order valence-corrected chi connectivity index (χ4v) is 3.26. The third-order valence-electron chi connectivity index (χ3n) is 3.30. The molecule has 3 atom stereocenters. The van der Waals surface area contributed by atoms with Crippen molar-refractivity contribution in [3.05, 3.63) is 29.8 Å². The fraction of sp³-hybridized carbons (Fsp3) is 0.600. The van der Waals surface area contributed by atoms with Gasteiger partial charge in [0, 0.05) is 6.61 Å². The van der Waals surface area contributed by atoms with Crippen LogP contribution in [0.1, 0.15) is 37.6 Å². The molecule has 1 aliphatic heterocycles. The number of alkyl halides is 1. The third-order valence-corrected chi connectivity index (χ3v) is 4.35. The molecule has 1 aromatic carbocycles. The Balaban J connectivity index is 2.04. The SMILES string of the molecule is CC(C)Oc1ccc(C(Br)C2OCCC2C)cc1. The van der Waals surface area contributed by atoms with Gasteiger partial charge in [0.2, 0.25) is 0 Å². The molecule has 1 aromatic rings. The van der Waals surface area contributed by atoms with E-state index in [9.17, 15) is 0 Å². The number of halogens is 1. The lowest BCUT2D eigenvalue weighted by atomic mass is 9.97. The van der Waals surface area contributed by atoms with Crippen molar-refractivity contribution >= 4 is 15.9 Å². The molecular weight excluding hydrogens is 292 g/mol. The third kappa shape index (κ3) is 3.27. The summed E-state index contributed by atoms with van der Waals surface area (Å²) in [5.41, 5.74) is 1.25. The van der Waals surface area contributed by atoms with Crippen LogP contribution in [0.5, 0.6) is 5.75 Å². The lowest BCUT2D eigenvalue weighted by molar-refractivity contribution is 0.0935. The largest absolute Gasteiger partial charge is 0.491 e. The molecule has 0 spiro atoms. The summed E-state index contributed by atoms with van der Waals surface area (Å²) < 4.78 is 11.4. The molecular formula is C15H21BrO2. The minimum atomic E-state index is 0.216. The van der Waals surface area contributed by atoms with Crippen LogP contribution in [-0.2, 0) is 4.74 Å². The predicted molar refractivity (Wildman–Crippen MR) is 77.4 cm³/mol. The van der Waals surface area contributed by atoms with Crippen molar-refractivity contribution in [1.82, 2.24) is 0 Å². The van der Waals surface area contributed by atoms with E-state index < -0.39 is 0 Å². The fourth-order valence-electron chi connectivity index (χ4n) is 2.28. The van der Waals surface area contributed by atoms with Gasteiger partial charge in [-0.3, -0.25) is 0 Å². The van der Waals surface area contributed by atoms with E-state index in [0.717, 1.165) is 18.8 Å². The van der Waals surface area contributed by atoms with Crippen molar-refractivity contribution in [3.8, 4) is 5.75 Å². The van der Waals surface area contributed by atoms with Gasteiger partial charge >= 0.3 is 0 Å². The number of benzene rings is 1. The van der Waals surface area contributed by atoms with Crippen molar-refractivity contribution in [3.63, 3.8) is 0 Å². The summed E-state index contributed by atoms with van der Waals surface area (Å²) in [7, 11) is 0. The molecule has 1 aliphatic rings. The first-order chi connectivity index (χ1) is 8.58. The Bertz CT molecular complexity index is 375. The molecule has 0 radical (unpaired) electrons. The van der Waals surface area contributed by atoms with Crippen LogP contribution in [0.2, 0.25) is 0 Å². The molecule has 1 heterocycles. The van der Waals surface area contributed by atoms with Crippen molar-refractivity contribution in [2.75, 3.05) is 6.61 Å². The maximum atomic E-state index is 5.80. The Hall–Kier alpha value is -0.540. The van der Waals surface area contributed by atoms with Crippen LogP contribution in [0.15, 0.2) is 24.3 Å². The number of ether oxygens (including phenoxy) is 2. The summed E-state index contributed by atoms with van der Waals surface area (Å²) in [4.78, 5) is 0.267. The van der Waals surface area contributed by atoms with Crippen LogP contribution in [-0.4, -0.2) is 18.8 Å². The average molecular weight is 313 g/mol. The minimum Gasteiger partial charge on any atom is -0.491 e. The van der Waals surface area contributed by atoms with Gasteiger partial charge in [0.25, 0.3) is 0 Å². The minimum absolute atomic E-state index is 0.216. The molecule has 0 aliphatic carbocycles. The second-order valence-electron chi connectivity index (χ2n) is 5.24. The molecule has 3 unspecified atom stereocenters. The summed E-state index contributed by atoms with van der Waals surface area (Å²) in [6.07, 6.45) is 1.65. The van der Waals surface area contributed by atoms with E-state index in [0.29, 0.717) is 5.92 Å². The Kier molecular flexibility index (Phi) is 4.68. The Morgan fingerprint density at radius 3 is 2.44 bits per heavy atom. The smallest absolute Gasteiger partial charge is 0.119 e. The molecule has 0 amide bonds. The van der Waals surface area contributed by atoms with Crippen molar-refractivity contribution in [2.45, 2.75) is 44.2 Å². The standard InChI is InChI=1S/C15H21BrO2/c1-10(2)18-13-6-4-12(5-7-13)14(16)15-11(3)8-9-17-15/h4-7,10-11,14-15H,8-9H2,1-3H3. The number of rotatable bonds is 4. The van der Waals surface area contributed by atoms with Gasteiger partial charge in [-0.1, -0.05) is 35.0 Å². The molecule has 18 heavy (non-hydrogen) atoms. The van der Waals surface area contributed by atoms with E-state index in [-0.39, 0.29) is 17.0 Å². The van der Waals surface area contributed by atoms with Crippen LogP contribution in [0.4, 0.5) is 0 Å². The molecule has 1 saturated heterocycles. The first kappa shape index (κ1) is 13.9. The van der Waals surface area contributed by atoms with E-state index >= 15 is 0 Å². The van der Waals surface area contributed by atoms with E-state index in [4.69, 9.17) is 9.47 Å². The van der Waals surface area contributed by atoms with Crippen LogP contribution in [0, 0.1) is 5.92 Å². The first-order valence-corrected chi connectivity index (χ1v) is 7.52. The zero-order valence-electron chi connectivity index (χ0n) is 11.2. The van der Waals surface area contributed by atoms with Crippen molar-refractivity contribution in [2.24, 2.45) is 5.92 Å². The molecule has 0 N–H and O–H groups in total. The van der Waals surface area contributed by atoms with E-state index in [1.807, 2.05) is 26.0 Å². The van der Waals surface area contributed by atoms with E-state index in [2.05, 4.69) is 35.0 Å². The summed E-state index contributed by atoms with van der Waals surface area (Å²) in [5.74, 6) is 1.54. The van der Waals surface area contributed by atoms with Crippen LogP contribution >= 0.6 is 15.9 Å². The Morgan fingerprint density at radius 2 is 1.94 bits per heavy atom. The topological polar surface area (TPSA) is 18.5 Å². The van der Waals surface area contributed by atoms with Crippen LogP contribution in [0.25, 0.3) is 0 Å². The van der Waals surface area contributed by atoms with Gasteiger partial charge in [0.1, 0.15) is 5.75 Å². The number of hydrogen-bond acceptors (Lipinski definition) is 2. The highest BCUT2D eigenvalue weighted by molar-refractivity contribution is 9.09. The molecule has 2 rings (SSSR count). The Labute approximate surface area is 118 Å². The van der Waals surface area contributed by atoms with Gasteiger partial charge in [-0.2, -0.15) is 0 Å². The maximum absolute atomic E-state index is 5.80. The van der Waals surface area contributed by atoms with Crippen molar-refractivity contribution in [1.29, 1.82) is 0 Å². The number of hydrogen-bond donors (Lipinski definition) is 0. The summed E-state index contributed by atoms with van der Waals surface area (Å²) in [6, 6.07) is 8.30. The molecule has 3 heteroatoms. The summed E-state index contributed by atoms with van der Waals surface area (Å²) in [5, 5.41) is 0.